The number of carboxylic acids is 1. The topological polar surface area (TPSA) is 57.5 Å². The smallest absolute Gasteiger partial charge is 0.331 e. The van der Waals surface area contributed by atoms with Crippen LogP contribution in [0, 0.1) is 5.41 Å². The first kappa shape index (κ1) is 12.2. The molecular formula is C10H18O3. The van der Waals surface area contributed by atoms with Crippen molar-refractivity contribution in [2.45, 2.75) is 40.2 Å². The molecule has 0 saturated carbocycles. The van der Waals surface area contributed by atoms with E-state index in [1.54, 1.807) is 13.0 Å². The molecule has 0 aliphatic rings. The van der Waals surface area contributed by atoms with Gasteiger partial charge in [-0.1, -0.05) is 26.8 Å². The average molecular weight is 186 g/mol. The van der Waals surface area contributed by atoms with Crippen LogP contribution in [-0.2, 0) is 4.79 Å². The van der Waals surface area contributed by atoms with Gasteiger partial charge in [-0.25, -0.2) is 4.79 Å². The fourth-order valence-electron chi connectivity index (χ4n) is 1.00. The fourth-order valence-corrected chi connectivity index (χ4v) is 1.00. The highest BCUT2D eigenvalue weighted by molar-refractivity contribution is 5.87. The second-order valence-electron chi connectivity index (χ2n) is 4.26. The average Bonchev–Trinajstić information content (AvgIpc) is 1.81. The van der Waals surface area contributed by atoms with Gasteiger partial charge in [0.15, 0.2) is 0 Å². The quantitative estimate of drug-likeness (QED) is 0.661. The van der Waals surface area contributed by atoms with Crippen molar-refractivity contribution in [3.63, 3.8) is 0 Å². The van der Waals surface area contributed by atoms with E-state index in [9.17, 15) is 4.79 Å². The van der Waals surface area contributed by atoms with Crippen molar-refractivity contribution >= 4 is 5.97 Å². The van der Waals surface area contributed by atoms with Crippen LogP contribution >= 0.6 is 0 Å². The summed E-state index contributed by atoms with van der Waals surface area (Å²) >= 11 is 0. The Labute approximate surface area is 79.1 Å². The Bertz CT molecular complexity index is 209. The van der Waals surface area contributed by atoms with Gasteiger partial charge in [-0.2, -0.15) is 0 Å². The molecule has 0 spiro atoms. The minimum atomic E-state index is -0.909. The van der Waals surface area contributed by atoms with E-state index in [1.165, 1.54) is 0 Å². The number of hydrogen-bond donors (Lipinski definition) is 2. The summed E-state index contributed by atoms with van der Waals surface area (Å²) in [6, 6.07) is 0. The lowest BCUT2D eigenvalue weighted by Gasteiger charge is -2.19. The van der Waals surface area contributed by atoms with Crippen LogP contribution < -0.4 is 0 Å². The Hall–Kier alpha value is -0.830. The summed E-state index contributed by atoms with van der Waals surface area (Å²) in [5, 5.41) is 17.9. The minimum absolute atomic E-state index is 0.355. The standard InChI is InChI=1S/C10H18O3/c1-7(11)5-6-8(9(12)13)10(2,3)4/h6-7,11H,5H2,1-4H3,(H,12,13). The minimum Gasteiger partial charge on any atom is -0.478 e. The Kier molecular flexibility index (Phi) is 4.14. The molecule has 0 bridgehead atoms. The van der Waals surface area contributed by atoms with Crippen LogP contribution in [0.1, 0.15) is 34.1 Å². The zero-order valence-electron chi connectivity index (χ0n) is 8.66. The van der Waals surface area contributed by atoms with Gasteiger partial charge >= 0.3 is 5.97 Å². The molecule has 0 aromatic rings. The molecule has 0 rings (SSSR count). The van der Waals surface area contributed by atoms with Crippen LogP contribution in [0.5, 0.6) is 0 Å². The lowest BCUT2D eigenvalue weighted by atomic mass is 9.85. The van der Waals surface area contributed by atoms with E-state index in [4.69, 9.17) is 10.2 Å². The van der Waals surface area contributed by atoms with Gasteiger partial charge in [0.1, 0.15) is 0 Å². The monoisotopic (exact) mass is 186 g/mol. The molecule has 0 aromatic carbocycles. The van der Waals surface area contributed by atoms with Crippen molar-refractivity contribution in [2.75, 3.05) is 0 Å². The van der Waals surface area contributed by atoms with Crippen molar-refractivity contribution in [1.82, 2.24) is 0 Å². The number of aliphatic hydroxyl groups excluding tert-OH is 1. The lowest BCUT2D eigenvalue weighted by molar-refractivity contribution is -0.133. The molecule has 0 saturated heterocycles. The predicted octanol–water partition coefficient (Wildman–Crippen LogP) is 1.81. The first-order chi connectivity index (χ1) is 5.75. The molecule has 0 aromatic heterocycles. The van der Waals surface area contributed by atoms with E-state index in [-0.39, 0.29) is 5.41 Å². The third-order valence-corrected chi connectivity index (χ3v) is 1.70. The van der Waals surface area contributed by atoms with E-state index in [0.29, 0.717) is 12.0 Å². The Morgan fingerprint density at radius 3 is 2.15 bits per heavy atom. The first-order valence-corrected chi connectivity index (χ1v) is 4.37. The maximum Gasteiger partial charge on any atom is 0.331 e. The highest BCUT2D eigenvalue weighted by Gasteiger charge is 2.22. The fraction of sp³-hybridized carbons (Fsp3) is 0.700. The number of aliphatic carboxylic acids is 1. The number of carbonyl (C=O) groups is 1. The molecular weight excluding hydrogens is 168 g/mol. The molecule has 0 heterocycles. The van der Waals surface area contributed by atoms with Crippen molar-refractivity contribution in [3.05, 3.63) is 11.6 Å². The van der Waals surface area contributed by atoms with E-state index >= 15 is 0 Å². The number of aliphatic hydroxyl groups is 1. The third-order valence-electron chi connectivity index (χ3n) is 1.70. The molecule has 1 atom stereocenters. The van der Waals surface area contributed by atoms with E-state index < -0.39 is 12.1 Å². The van der Waals surface area contributed by atoms with Crippen LogP contribution in [0.15, 0.2) is 11.6 Å². The molecule has 76 valence electrons. The molecule has 0 radical (unpaired) electrons. The summed E-state index contributed by atoms with van der Waals surface area (Å²) in [5.74, 6) is -0.909. The summed E-state index contributed by atoms with van der Waals surface area (Å²) < 4.78 is 0. The SMILES string of the molecule is CC(O)CC=C(C(=O)O)C(C)(C)C. The summed E-state index contributed by atoms with van der Waals surface area (Å²) in [6.07, 6.45) is 1.49. The molecule has 0 aliphatic heterocycles. The number of hydrogen-bond acceptors (Lipinski definition) is 2. The summed E-state index contributed by atoms with van der Waals surface area (Å²) in [6.45, 7) is 7.16. The normalized spacial score (nSPS) is 15.6. The van der Waals surface area contributed by atoms with Crippen molar-refractivity contribution in [3.8, 4) is 0 Å². The van der Waals surface area contributed by atoms with E-state index in [2.05, 4.69) is 0 Å². The molecule has 0 fully saturated rings. The highest BCUT2D eigenvalue weighted by atomic mass is 16.4. The van der Waals surface area contributed by atoms with Gasteiger partial charge in [-0.15, -0.1) is 0 Å². The maximum absolute atomic E-state index is 10.8. The van der Waals surface area contributed by atoms with Gasteiger partial charge in [0, 0.05) is 5.57 Å². The largest absolute Gasteiger partial charge is 0.478 e. The van der Waals surface area contributed by atoms with Gasteiger partial charge in [-0.05, 0) is 18.8 Å². The molecule has 0 aliphatic carbocycles. The lowest BCUT2D eigenvalue weighted by Crippen LogP contribution is -2.18. The Morgan fingerprint density at radius 1 is 1.46 bits per heavy atom. The van der Waals surface area contributed by atoms with Gasteiger partial charge in [0.05, 0.1) is 6.10 Å². The summed E-state index contributed by atoms with van der Waals surface area (Å²) in [7, 11) is 0. The van der Waals surface area contributed by atoms with Gasteiger partial charge < -0.3 is 10.2 Å². The number of rotatable bonds is 3. The van der Waals surface area contributed by atoms with E-state index in [1.807, 2.05) is 20.8 Å². The summed E-state index contributed by atoms with van der Waals surface area (Å²) in [4.78, 5) is 10.8. The number of carboxylic acid groups (broad SMARTS) is 1. The maximum atomic E-state index is 10.8. The molecule has 2 N–H and O–H groups in total. The Balaban J connectivity index is 4.62. The predicted molar refractivity (Wildman–Crippen MR) is 51.5 cm³/mol. The first-order valence-electron chi connectivity index (χ1n) is 4.37. The second-order valence-corrected chi connectivity index (χ2v) is 4.26. The van der Waals surface area contributed by atoms with Crippen molar-refractivity contribution < 1.29 is 15.0 Å². The van der Waals surface area contributed by atoms with Crippen LogP contribution in [0.2, 0.25) is 0 Å². The zero-order chi connectivity index (χ0) is 10.6. The van der Waals surface area contributed by atoms with E-state index in [0.717, 1.165) is 0 Å². The van der Waals surface area contributed by atoms with Gasteiger partial charge in [-0.3, -0.25) is 0 Å². The van der Waals surface area contributed by atoms with Crippen LogP contribution in [0.3, 0.4) is 0 Å². The molecule has 3 heteroatoms. The van der Waals surface area contributed by atoms with Crippen LogP contribution in [-0.4, -0.2) is 22.3 Å². The van der Waals surface area contributed by atoms with Gasteiger partial charge in [0.2, 0.25) is 0 Å². The molecule has 13 heavy (non-hydrogen) atoms. The summed E-state index contributed by atoms with van der Waals surface area (Å²) in [5.41, 5.74) is -0.0193. The molecule has 1 unspecified atom stereocenters. The molecule has 0 amide bonds. The molecule has 3 nitrogen and oxygen atoms in total. The van der Waals surface area contributed by atoms with Crippen LogP contribution in [0.4, 0.5) is 0 Å². The zero-order valence-corrected chi connectivity index (χ0v) is 8.66. The van der Waals surface area contributed by atoms with Crippen LogP contribution in [0.25, 0.3) is 0 Å². The third kappa shape index (κ3) is 4.68. The van der Waals surface area contributed by atoms with Gasteiger partial charge in [0.25, 0.3) is 0 Å². The Morgan fingerprint density at radius 2 is 1.92 bits per heavy atom. The van der Waals surface area contributed by atoms with Crippen molar-refractivity contribution in [1.29, 1.82) is 0 Å². The second kappa shape index (κ2) is 4.42. The highest BCUT2D eigenvalue weighted by Crippen LogP contribution is 2.25. The van der Waals surface area contributed by atoms with Crippen molar-refractivity contribution in [2.24, 2.45) is 5.41 Å².